The first-order valence-corrected chi connectivity index (χ1v) is 9.99. The van der Waals surface area contributed by atoms with Gasteiger partial charge in [-0.2, -0.15) is 0 Å². The number of carbonyl (C=O) groups excluding carboxylic acids is 1. The molecule has 1 atom stereocenters. The van der Waals surface area contributed by atoms with Crippen LogP contribution in [0, 0.1) is 0 Å². The third-order valence-electron chi connectivity index (χ3n) is 4.86. The van der Waals surface area contributed by atoms with Crippen LogP contribution in [-0.4, -0.2) is 62.0 Å². The van der Waals surface area contributed by atoms with Crippen molar-refractivity contribution in [2.24, 2.45) is 4.99 Å². The second-order valence-electron chi connectivity index (χ2n) is 7.21. The van der Waals surface area contributed by atoms with Gasteiger partial charge < -0.3 is 20.4 Å². The Labute approximate surface area is 199 Å². The van der Waals surface area contributed by atoms with Crippen LogP contribution in [0.15, 0.2) is 47.6 Å². The fourth-order valence-electron chi connectivity index (χ4n) is 3.28. The fraction of sp³-hybridized carbons (Fsp3) is 0.381. The number of aliphatic imine (C=N–C) groups is 1. The predicted molar refractivity (Wildman–Crippen MR) is 133 cm³/mol. The van der Waals surface area contributed by atoms with Crippen molar-refractivity contribution in [3.05, 3.63) is 58.7 Å². The summed E-state index contributed by atoms with van der Waals surface area (Å²) in [6, 6.07) is 11.6. The maximum absolute atomic E-state index is 12.0. The Morgan fingerprint density at radius 3 is 2.67 bits per heavy atom. The highest BCUT2D eigenvalue weighted by molar-refractivity contribution is 14.0. The van der Waals surface area contributed by atoms with E-state index < -0.39 is 0 Å². The molecule has 7 nitrogen and oxygen atoms in total. The highest BCUT2D eigenvalue weighted by atomic mass is 127. The summed E-state index contributed by atoms with van der Waals surface area (Å²) in [5.74, 6) is 1.58. The molecule has 1 aromatic carbocycles. The van der Waals surface area contributed by atoms with E-state index in [4.69, 9.17) is 11.6 Å². The first-order valence-electron chi connectivity index (χ1n) is 9.61. The number of nitrogens with one attached hydrogen (secondary N) is 2. The van der Waals surface area contributed by atoms with E-state index in [-0.39, 0.29) is 35.9 Å². The van der Waals surface area contributed by atoms with Crippen molar-refractivity contribution in [1.29, 1.82) is 0 Å². The van der Waals surface area contributed by atoms with Gasteiger partial charge in [0.1, 0.15) is 5.82 Å². The van der Waals surface area contributed by atoms with Crippen LogP contribution in [0.2, 0.25) is 5.02 Å². The summed E-state index contributed by atoms with van der Waals surface area (Å²) < 4.78 is 0. The Morgan fingerprint density at radius 1 is 1.30 bits per heavy atom. The molecule has 2 aromatic rings. The fourth-order valence-corrected chi connectivity index (χ4v) is 3.52. The molecular weight excluding hydrogens is 515 g/mol. The van der Waals surface area contributed by atoms with Crippen LogP contribution in [-0.2, 0) is 6.54 Å². The number of benzene rings is 1. The van der Waals surface area contributed by atoms with Gasteiger partial charge >= 0.3 is 0 Å². The number of guanidine groups is 1. The summed E-state index contributed by atoms with van der Waals surface area (Å²) in [6.45, 7) is 2.34. The second-order valence-corrected chi connectivity index (χ2v) is 7.61. The number of anilines is 1. The minimum atomic E-state index is 0. The monoisotopic (exact) mass is 542 g/mol. The van der Waals surface area contributed by atoms with Crippen LogP contribution in [0.5, 0.6) is 0 Å². The second kappa shape index (κ2) is 11.4. The summed E-state index contributed by atoms with van der Waals surface area (Å²) in [7, 11) is 5.26. The van der Waals surface area contributed by atoms with E-state index in [1.54, 1.807) is 32.2 Å². The lowest BCUT2D eigenvalue weighted by Gasteiger charge is -2.20. The summed E-state index contributed by atoms with van der Waals surface area (Å²) in [4.78, 5) is 24.5. The number of aromatic nitrogens is 1. The van der Waals surface area contributed by atoms with Crippen molar-refractivity contribution in [3.63, 3.8) is 0 Å². The molecule has 9 heteroatoms. The van der Waals surface area contributed by atoms with Gasteiger partial charge in [0.25, 0.3) is 5.91 Å². The van der Waals surface area contributed by atoms with Crippen LogP contribution >= 0.6 is 35.6 Å². The van der Waals surface area contributed by atoms with Crippen LogP contribution in [0.1, 0.15) is 22.3 Å². The lowest BCUT2D eigenvalue weighted by molar-refractivity contribution is 0.0827. The minimum Gasteiger partial charge on any atom is -0.353 e. The molecule has 1 aliphatic heterocycles. The number of hydrogen-bond donors (Lipinski definition) is 2. The molecule has 2 heterocycles. The Hall–Kier alpha value is -2.07. The zero-order valence-corrected chi connectivity index (χ0v) is 20.5. The first-order chi connectivity index (χ1) is 14.0. The topological polar surface area (TPSA) is 72.9 Å². The number of rotatable bonds is 5. The van der Waals surface area contributed by atoms with Crippen molar-refractivity contribution >= 4 is 53.3 Å². The van der Waals surface area contributed by atoms with Gasteiger partial charge in [-0.3, -0.25) is 9.79 Å². The molecule has 1 saturated heterocycles. The molecule has 0 radical (unpaired) electrons. The van der Waals surface area contributed by atoms with Crippen LogP contribution in [0.3, 0.4) is 0 Å². The molecule has 1 amide bonds. The van der Waals surface area contributed by atoms with Crippen molar-refractivity contribution in [1.82, 2.24) is 20.5 Å². The number of hydrogen-bond acceptors (Lipinski definition) is 4. The lowest BCUT2D eigenvalue weighted by Crippen LogP contribution is -2.44. The summed E-state index contributed by atoms with van der Waals surface area (Å²) in [5, 5.41) is 7.47. The average Bonchev–Trinajstić information content (AvgIpc) is 3.19. The lowest BCUT2D eigenvalue weighted by atomic mass is 10.1. The highest BCUT2D eigenvalue weighted by Gasteiger charge is 2.25. The molecule has 1 unspecified atom stereocenters. The first kappa shape index (κ1) is 24.2. The Bertz CT molecular complexity index is 874. The predicted octanol–water partition coefficient (Wildman–Crippen LogP) is 3.00. The molecule has 2 N–H and O–H groups in total. The van der Waals surface area contributed by atoms with Gasteiger partial charge in [-0.1, -0.05) is 23.7 Å². The van der Waals surface area contributed by atoms with E-state index in [2.05, 4.69) is 25.5 Å². The van der Waals surface area contributed by atoms with E-state index in [1.165, 1.54) is 0 Å². The van der Waals surface area contributed by atoms with Crippen LogP contribution in [0.25, 0.3) is 0 Å². The van der Waals surface area contributed by atoms with Crippen molar-refractivity contribution in [3.8, 4) is 0 Å². The van der Waals surface area contributed by atoms with Crippen LogP contribution in [0.4, 0.5) is 5.82 Å². The van der Waals surface area contributed by atoms with E-state index in [0.717, 1.165) is 36.9 Å². The van der Waals surface area contributed by atoms with E-state index in [9.17, 15) is 4.79 Å². The molecule has 162 valence electrons. The van der Waals surface area contributed by atoms with E-state index in [0.29, 0.717) is 17.1 Å². The molecular formula is C21H28ClIN6O. The zero-order chi connectivity index (χ0) is 20.8. The number of carbonyl (C=O) groups is 1. The summed E-state index contributed by atoms with van der Waals surface area (Å²) in [5.41, 5.74) is 1.76. The summed E-state index contributed by atoms with van der Waals surface area (Å²) >= 11 is 6.27. The molecule has 0 spiro atoms. The summed E-state index contributed by atoms with van der Waals surface area (Å²) in [6.07, 6.45) is 2.74. The Kier molecular flexibility index (Phi) is 9.16. The van der Waals surface area contributed by atoms with Gasteiger partial charge in [0.15, 0.2) is 5.96 Å². The van der Waals surface area contributed by atoms with Gasteiger partial charge in [-0.15, -0.1) is 24.0 Å². The Balaban J connectivity index is 0.00000320. The highest BCUT2D eigenvalue weighted by Crippen LogP contribution is 2.25. The number of pyridine rings is 1. The van der Waals surface area contributed by atoms with Crippen molar-refractivity contribution in [2.45, 2.75) is 19.0 Å². The van der Waals surface area contributed by atoms with Crippen molar-refractivity contribution < 1.29 is 4.79 Å². The number of amides is 1. The van der Waals surface area contributed by atoms with E-state index >= 15 is 0 Å². The third kappa shape index (κ3) is 6.21. The minimum absolute atomic E-state index is 0. The number of halogens is 2. The quantitative estimate of drug-likeness (QED) is 0.345. The smallest absolute Gasteiger partial charge is 0.253 e. The molecule has 0 saturated carbocycles. The largest absolute Gasteiger partial charge is 0.353 e. The van der Waals surface area contributed by atoms with Gasteiger partial charge in [-0.05, 0) is 36.2 Å². The maximum atomic E-state index is 12.0. The molecule has 0 aliphatic carbocycles. The molecule has 0 bridgehead atoms. The van der Waals surface area contributed by atoms with Gasteiger partial charge in [0.2, 0.25) is 0 Å². The normalized spacial score (nSPS) is 16.1. The average molecular weight is 543 g/mol. The van der Waals surface area contributed by atoms with Crippen molar-refractivity contribution in [2.75, 3.05) is 39.1 Å². The molecule has 1 fully saturated rings. The molecule has 1 aromatic heterocycles. The van der Waals surface area contributed by atoms with E-state index in [1.807, 2.05) is 36.4 Å². The van der Waals surface area contributed by atoms with Gasteiger partial charge in [0.05, 0.1) is 5.02 Å². The van der Waals surface area contributed by atoms with Crippen LogP contribution < -0.4 is 15.5 Å². The maximum Gasteiger partial charge on any atom is 0.253 e. The molecule has 30 heavy (non-hydrogen) atoms. The van der Waals surface area contributed by atoms with Gasteiger partial charge in [0, 0.05) is 58.6 Å². The standard InChI is InChI=1S/C21H27ClN6O.HI/c1-23-21(25-13-15-6-8-16(9-7-15)20(29)27(2)3)26-17-10-12-28(14-17)19-18(22)5-4-11-24-19;/h4-9,11,17H,10,12-14H2,1-3H3,(H2,23,25,26);1H. The molecule has 1 aliphatic rings. The third-order valence-corrected chi connectivity index (χ3v) is 5.15. The number of nitrogens with zero attached hydrogens (tertiary/aromatic N) is 4. The SMILES string of the molecule is CN=C(NCc1ccc(C(=O)N(C)C)cc1)NC1CCN(c2ncccc2Cl)C1.I. The Morgan fingerprint density at radius 2 is 2.03 bits per heavy atom. The molecule has 3 rings (SSSR count). The van der Waals surface area contributed by atoms with Gasteiger partial charge in [-0.25, -0.2) is 4.98 Å². The zero-order valence-electron chi connectivity index (χ0n) is 17.4.